The molecule has 6 nitrogen and oxygen atoms in total. The second-order valence-electron chi connectivity index (χ2n) is 26.4. The van der Waals surface area contributed by atoms with E-state index in [-0.39, 0.29) is 18.5 Å². The van der Waals surface area contributed by atoms with Gasteiger partial charge in [-0.3, -0.25) is 9.59 Å². The second-order valence-corrected chi connectivity index (χ2v) is 26.4. The highest BCUT2D eigenvalue weighted by Crippen LogP contribution is 2.20. The molecule has 2 atom stereocenters. The number of rotatable bonds is 72. The lowest BCUT2D eigenvalue weighted by Gasteiger charge is -2.20. The summed E-state index contributed by atoms with van der Waals surface area (Å²) in [5, 5.41) is 23.3. The van der Waals surface area contributed by atoms with Crippen LogP contribution in [-0.2, 0) is 14.3 Å². The number of hydrogen-bond donors (Lipinski definition) is 3. The van der Waals surface area contributed by atoms with Crippen LogP contribution in [0, 0.1) is 0 Å². The number of ether oxygens (including phenoxy) is 1. The fourth-order valence-corrected chi connectivity index (χ4v) is 12.3. The Morgan fingerprint density at radius 1 is 0.329 bits per heavy atom. The number of carbonyl (C=O) groups excluding carboxylic acids is 2. The van der Waals surface area contributed by atoms with Crippen LogP contribution >= 0.6 is 0 Å². The summed E-state index contributed by atoms with van der Waals surface area (Å²) < 4.78 is 5.50. The van der Waals surface area contributed by atoms with E-state index in [9.17, 15) is 19.8 Å². The first kappa shape index (κ1) is 80.6. The maximum atomic E-state index is 12.5. The number of aliphatic hydroxyl groups is 2. The number of aliphatic hydroxyl groups excluding tert-OH is 2. The zero-order chi connectivity index (χ0) is 59.2. The van der Waals surface area contributed by atoms with Gasteiger partial charge in [-0.05, 0) is 32.1 Å². The average Bonchev–Trinajstić information content (AvgIpc) is 3.48. The lowest BCUT2D eigenvalue weighted by Crippen LogP contribution is -2.45. The Morgan fingerprint density at radius 2 is 0.561 bits per heavy atom. The molecule has 1 amide bonds. The summed E-state index contributed by atoms with van der Waals surface area (Å²) in [6, 6.07) is -0.625. The molecular formula is C76H149NO5. The topological polar surface area (TPSA) is 95.9 Å². The van der Waals surface area contributed by atoms with Gasteiger partial charge in [0.2, 0.25) is 5.91 Å². The van der Waals surface area contributed by atoms with Crippen molar-refractivity contribution in [1.29, 1.82) is 0 Å². The van der Waals surface area contributed by atoms with Crippen molar-refractivity contribution in [3.8, 4) is 0 Å². The summed E-state index contributed by atoms with van der Waals surface area (Å²) >= 11 is 0. The standard InChI is InChI=1S/C76H149NO5/c1-3-5-7-9-11-13-15-17-19-20-21-35-38-41-44-48-52-56-60-64-68-74(79)73(72-78)77-75(80)69-65-61-57-53-49-45-42-39-36-33-31-29-27-25-23-22-24-26-28-30-32-34-37-40-43-47-51-55-59-63-67-71-82-76(81)70-66-62-58-54-50-46-18-16-14-12-10-8-6-4-2/h64,68,73-74,78-79H,3-63,65-67,69-72H2,1-2H3,(H,77,80)/b68-64+. The summed E-state index contributed by atoms with van der Waals surface area (Å²) in [6.45, 7) is 4.96. The van der Waals surface area contributed by atoms with Crippen LogP contribution in [-0.4, -0.2) is 47.4 Å². The highest BCUT2D eigenvalue weighted by Gasteiger charge is 2.18. The second kappa shape index (κ2) is 72.1. The van der Waals surface area contributed by atoms with Gasteiger partial charge in [-0.15, -0.1) is 0 Å². The smallest absolute Gasteiger partial charge is 0.305 e. The first-order valence-electron chi connectivity index (χ1n) is 38.0. The predicted octanol–water partition coefficient (Wildman–Crippen LogP) is 24.7. The normalized spacial score (nSPS) is 12.5. The summed E-state index contributed by atoms with van der Waals surface area (Å²) in [4.78, 5) is 24.6. The minimum absolute atomic E-state index is 0.0238. The molecular weight excluding hydrogens is 1010 g/mol. The van der Waals surface area contributed by atoms with Gasteiger partial charge in [0, 0.05) is 12.8 Å². The number of allylic oxidation sites excluding steroid dienone is 1. The summed E-state index contributed by atoms with van der Waals surface area (Å²) in [6.07, 6.45) is 90.3. The SMILES string of the molecule is CCCCCCCCCCCCCCCCCCCC/C=C/C(O)C(CO)NC(=O)CCCCCCCCCCCCCCCCCCCCCCCCCCCCCCCCCOC(=O)CCCCCCCCCCCCCCCC. The molecule has 0 fully saturated rings. The van der Waals surface area contributed by atoms with E-state index in [4.69, 9.17) is 4.74 Å². The van der Waals surface area contributed by atoms with Crippen LogP contribution in [0.25, 0.3) is 0 Å². The first-order chi connectivity index (χ1) is 40.5. The third-order valence-electron chi connectivity index (χ3n) is 18.1. The van der Waals surface area contributed by atoms with Gasteiger partial charge in [0.15, 0.2) is 0 Å². The molecule has 0 rings (SSSR count). The number of unbranched alkanes of at least 4 members (excludes halogenated alkanes) is 61. The molecule has 0 aromatic heterocycles. The zero-order valence-electron chi connectivity index (χ0n) is 56.0. The van der Waals surface area contributed by atoms with E-state index in [0.717, 1.165) is 38.5 Å². The molecule has 0 radical (unpaired) electrons. The van der Waals surface area contributed by atoms with Gasteiger partial charge in [0.1, 0.15) is 0 Å². The molecule has 0 spiro atoms. The van der Waals surface area contributed by atoms with E-state index >= 15 is 0 Å². The highest BCUT2D eigenvalue weighted by atomic mass is 16.5. The first-order valence-corrected chi connectivity index (χ1v) is 38.0. The van der Waals surface area contributed by atoms with Gasteiger partial charge in [-0.2, -0.15) is 0 Å². The Kier molecular flexibility index (Phi) is 70.8. The molecule has 2 unspecified atom stereocenters. The van der Waals surface area contributed by atoms with E-state index in [1.54, 1.807) is 6.08 Å². The fourth-order valence-electron chi connectivity index (χ4n) is 12.3. The molecule has 0 saturated carbocycles. The third kappa shape index (κ3) is 67.7. The number of esters is 1. The Labute approximate surface area is 514 Å². The van der Waals surface area contributed by atoms with E-state index in [1.165, 1.54) is 372 Å². The van der Waals surface area contributed by atoms with Crippen LogP contribution in [0.4, 0.5) is 0 Å². The van der Waals surface area contributed by atoms with E-state index < -0.39 is 12.1 Å². The maximum Gasteiger partial charge on any atom is 0.305 e. The van der Waals surface area contributed by atoms with Gasteiger partial charge in [0.25, 0.3) is 0 Å². The Hall–Kier alpha value is -1.40. The number of carbonyl (C=O) groups is 2. The zero-order valence-corrected chi connectivity index (χ0v) is 56.0. The molecule has 82 heavy (non-hydrogen) atoms. The van der Waals surface area contributed by atoms with E-state index in [0.29, 0.717) is 19.4 Å². The number of amides is 1. The van der Waals surface area contributed by atoms with Crippen LogP contribution in [0.15, 0.2) is 12.2 Å². The molecule has 0 aromatic rings. The molecule has 0 aliphatic carbocycles. The van der Waals surface area contributed by atoms with Crippen LogP contribution in [0.5, 0.6) is 0 Å². The quantitative estimate of drug-likeness (QED) is 0.0320. The van der Waals surface area contributed by atoms with Gasteiger partial charge in [-0.25, -0.2) is 0 Å². The van der Waals surface area contributed by atoms with Crippen LogP contribution in [0.2, 0.25) is 0 Å². The van der Waals surface area contributed by atoms with Gasteiger partial charge >= 0.3 is 5.97 Å². The lowest BCUT2D eigenvalue weighted by molar-refractivity contribution is -0.143. The van der Waals surface area contributed by atoms with Gasteiger partial charge in [-0.1, -0.05) is 405 Å². The Bertz CT molecular complexity index is 1240. The molecule has 6 heteroatoms. The predicted molar refractivity (Wildman–Crippen MR) is 361 cm³/mol. The molecule has 0 heterocycles. The van der Waals surface area contributed by atoms with E-state index in [1.807, 2.05) is 6.08 Å². The van der Waals surface area contributed by atoms with Crippen molar-refractivity contribution in [3.63, 3.8) is 0 Å². The highest BCUT2D eigenvalue weighted by molar-refractivity contribution is 5.76. The van der Waals surface area contributed by atoms with Crippen molar-refractivity contribution in [1.82, 2.24) is 5.32 Å². The summed E-state index contributed by atoms with van der Waals surface area (Å²) in [7, 11) is 0. The molecule has 0 aromatic carbocycles. The molecule has 0 saturated heterocycles. The van der Waals surface area contributed by atoms with Crippen molar-refractivity contribution in [2.45, 2.75) is 450 Å². The fraction of sp³-hybridized carbons (Fsp3) is 0.947. The van der Waals surface area contributed by atoms with Crippen molar-refractivity contribution in [3.05, 3.63) is 12.2 Å². The maximum absolute atomic E-state index is 12.5. The third-order valence-corrected chi connectivity index (χ3v) is 18.1. The molecule has 488 valence electrons. The van der Waals surface area contributed by atoms with Crippen LogP contribution in [0.1, 0.15) is 438 Å². The Morgan fingerprint density at radius 3 is 0.829 bits per heavy atom. The van der Waals surface area contributed by atoms with Crippen molar-refractivity contribution in [2.75, 3.05) is 13.2 Å². The monoisotopic (exact) mass is 1160 g/mol. The molecule has 3 N–H and O–H groups in total. The molecule has 0 aliphatic rings. The number of nitrogens with one attached hydrogen (secondary N) is 1. The molecule has 0 bridgehead atoms. The Balaban J connectivity index is 3.34. The summed E-state index contributed by atoms with van der Waals surface area (Å²) in [5.41, 5.74) is 0. The lowest BCUT2D eigenvalue weighted by atomic mass is 10.0. The van der Waals surface area contributed by atoms with Gasteiger partial charge in [0.05, 0.1) is 25.4 Å². The van der Waals surface area contributed by atoms with Crippen LogP contribution in [0.3, 0.4) is 0 Å². The summed E-state index contributed by atoms with van der Waals surface area (Å²) in [5.74, 6) is -0.0352. The van der Waals surface area contributed by atoms with Crippen molar-refractivity contribution >= 4 is 11.9 Å². The largest absolute Gasteiger partial charge is 0.466 e. The molecule has 0 aliphatic heterocycles. The van der Waals surface area contributed by atoms with Crippen molar-refractivity contribution < 1.29 is 24.5 Å². The van der Waals surface area contributed by atoms with E-state index in [2.05, 4.69) is 19.2 Å². The van der Waals surface area contributed by atoms with Crippen molar-refractivity contribution in [2.24, 2.45) is 0 Å². The number of hydrogen-bond acceptors (Lipinski definition) is 5. The van der Waals surface area contributed by atoms with Gasteiger partial charge < -0.3 is 20.3 Å². The minimum Gasteiger partial charge on any atom is -0.466 e. The van der Waals surface area contributed by atoms with Crippen LogP contribution < -0.4 is 5.32 Å². The average molecular weight is 1160 g/mol. The minimum atomic E-state index is -0.842.